The van der Waals surface area contributed by atoms with E-state index in [1.54, 1.807) is 17.0 Å². The molecule has 0 saturated heterocycles. The lowest BCUT2D eigenvalue weighted by Gasteiger charge is -2.22. The van der Waals surface area contributed by atoms with E-state index in [1.807, 2.05) is 0 Å². The van der Waals surface area contributed by atoms with E-state index in [4.69, 9.17) is 5.73 Å². The van der Waals surface area contributed by atoms with Crippen molar-refractivity contribution in [1.29, 1.82) is 0 Å². The van der Waals surface area contributed by atoms with E-state index >= 15 is 0 Å². The van der Waals surface area contributed by atoms with E-state index in [1.165, 1.54) is 30.5 Å². The molecule has 0 unspecified atom stereocenters. The molecule has 2 N–H and O–H groups in total. The van der Waals surface area contributed by atoms with Crippen LogP contribution in [0.1, 0.15) is 39.3 Å². The summed E-state index contributed by atoms with van der Waals surface area (Å²) in [5.41, 5.74) is 6.57. The number of carbonyl (C=O) groups excluding carboxylic acids is 2. The van der Waals surface area contributed by atoms with Gasteiger partial charge in [0, 0.05) is 19.3 Å². The van der Waals surface area contributed by atoms with Gasteiger partial charge in [-0.05, 0) is 48.6 Å². The lowest BCUT2D eigenvalue weighted by Crippen LogP contribution is -2.33. The highest BCUT2D eigenvalue weighted by molar-refractivity contribution is 5.95. The molecule has 0 radical (unpaired) electrons. The molecular weight excluding hydrogens is 309 g/mol. The molecule has 6 heteroatoms. The Bertz CT molecular complexity index is 740. The smallest absolute Gasteiger partial charge is 0.272 e. The van der Waals surface area contributed by atoms with E-state index < -0.39 is 5.91 Å². The molecular formula is C18H18FN3O2. The summed E-state index contributed by atoms with van der Waals surface area (Å²) in [6.07, 6.45) is 3.53. The molecule has 0 aliphatic heterocycles. The van der Waals surface area contributed by atoms with Gasteiger partial charge in [0.2, 0.25) is 5.91 Å². The molecule has 2 amide bonds. The van der Waals surface area contributed by atoms with Crippen LogP contribution in [0.2, 0.25) is 0 Å². The third-order valence-corrected chi connectivity index (χ3v) is 4.02. The Labute approximate surface area is 139 Å². The summed E-state index contributed by atoms with van der Waals surface area (Å²) in [6.45, 7) is 1.05. The normalized spacial score (nSPS) is 13.5. The van der Waals surface area contributed by atoms with Crippen LogP contribution < -0.4 is 5.73 Å². The molecule has 24 heavy (non-hydrogen) atoms. The average molecular weight is 327 g/mol. The Morgan fingerprint density at radius 3 is 2.42 bits per heavy atom. The first-order valence-corrected chi connectivity index (χ1v) is 7.82. The lowest BCUT2D eigenvalue weighted by molar-refractivity contribution is 0.0728. The first kappa shape index (κ1) is 16.1. The van der Waals surface area contributed by atoms with Gasteiger partial charge in [-0.1, -0.05) is 12.1 Å². The van der Waals surface area contributed by atoms with Crippen molar-refractivity contribution in [1.82, 2.24) is 9.88 Å². The molecule has 1 aromatic carbocycles. The van der Waals surface area contributed by atoms with E-state index in [0.29, 0.717) is 19.0 Å². The second kappa shape index (κ2) is 6.78. The van der Waals surface area contributed by atoms with E-state index in [-0.39, 0.29) is 23.0 Å². The van der Waals surface area contributed by atoms with E-state index in [9.17, 15) is 14.0 Å². The van der Waals surface area contributed by atoms with Gasteiger partial charge in [0.15, 0.2) is 0 Å². The van der Waals surface area contributed by atoms with Gasteiger partial charge in [0.1, 0.15) is 11.5 Å². The van der Waals surface area contributed by atoms with Crippen LogP contribution in [0.25, 0.3) is 0 Å². The minimum Gasteiger partial charge on any atom is -0.366 e. The molecule has 1 saturated carbocycles. The minimum atomic E-state index is -0.581. The molecule has 1 fully saturated rings. The van der Waals surface area contributed by atoms with Gasteiger partial charge in [-0.25, -0.2) is 4.39 Å². The number of primary amides is 1. The Balaban J connectivity index is 1.77. The van der Waals surface area contributed by atoms with Crippen molar-refractivity contribution < 1.29 is 14.0 Å². The summed E-state index contributed by atoms with van der Waals surface area (Å²) >= 11 is 0. The van der Waals surface area contributed by atoms with Gasteiger partial charge < -0.3 is 10.6 Å². The quantitative estimate of drug-likeness (QED) is 0.885. The van der Waals surface area contributed by atoms with Crippen LogP contribution in [0.4, 0.5) is 4.39 Å². The average Bonchev–Trinajstić information content (AvgIpc) is 3.40. The number of nitrogens with two attached hydrogens (primary N) is 1. The summed E-state index contributed by atoms with van der Waals surface area (Å²) in [4.78, 5) is 29.6. The number of hydrogen-bond acceptors (Lipinski definition) is 3. The van der Waals surface area contributed by atoms with Crippen molar-refractivity contribution in [2.45, 2.75) is 19.4 Å². The number of carbonyl (C=O) groups is 2. The zero-order valence-electron chi connectivity index (χ0n) is 13.1. The van der Waals surface area contributed by atoms with Crippen molar-refractivity contribution in [3.8, 4) is 0 Å². The molecule has 1 aliphatic rings. The second-order valence-electron chi connectivity index (χ2n) is 6.05. The number of amides is 2. The zero-order chi connectivity index (χ0) is 17.1. The predicted octanol–water partition coefficient (Wildman–Crippen LogP) is 2.37. The minimum absolute atomic E-state index is 0.206. The summed E-state index contributed by atoms with van der Waals surface area (Å²) in [7, 11) is 0. The fourth-order valence-electron chi connectivity index (χ4n) is 2.47. The topological polar surface area (TPSA) is 76.3 Å². The molecule has 3 rings (SSSR count). The van der Waals surface area contributed by atoms with Crippen molar-refractivity contribution in [2.24, 2.45) is 11.7 Å². The summed E-state index contributed by atoms with van der Waals surface area (Å²) in [5, 5.41) is 0. The molecule has 1 heterocycles. The van der Waals surface area contributed by atoms with Gasteiger partial charge in [-0.3, -0.25) is 14.6 Å². The van der Waals surface area contributed by atoms with Crippen molar-refractivity contribution in [3.05, 3.63) is 65.2 Å². The first-order valence-electron chi connectivity index (χ1n) is 7.82. The van der Waals surface area contributed by atoms with Crippen LogP contribution in [0, 0.1) is 11.7 Å². The largest absolute Gasteiger partial charge is 0.366 e. The van der Waals surface area contributed by atoms with Gasteiger partial charge >= 0.3 is 0 Å². The second-order valence-corrected chi connectivity index (χ2v) is 6.05. The van der Waals surface area contributed by atoms with E-state index in [2.05, 4.69) is 4.98 Å². The predicted molar refractivity (Wildman–Crippen MR) is 86.6 cm³/mol. The molecule has 1 aromatic heterocycles. The molecule has 1 aliphatic carbocycles. The number of pyridine rings is 1. The van der Waals surface area contributed by atoms with Gasteiger partial charge in [-0.2, -0.15) is 0 Å². The Hall–Kier alpha value is -2.76. The number of nitrogens with zero attached hydrogens (tertiary/aromatic N) is 2. The van der Waals surface area contributed by atoms with Crippen LogP contribution in [0.15, 0.2) is 42.6 Å². The van der Waals surface area contributed by atoms with Crippen molar-refractivity contribution in [3.63, 3.8) is 0 Å². The fourth-order valence-corrected chi connectivity index (χ4v) is 2.47. The number of rotatable bonds is 6. The summed E-state index contributed by atoms with van der Waals surface area (Å²) in [6, 6.07) is 9.12. The molecule has 0 bridgehead atoms. The number of benzene rings is 1. The van der Waals surface area contributed by atoms with Gasteiger partial charge in [0.05, 0.1) is 5.56 Å². The Kier molecular flexibility index (Phi) is 4.55. The molecule has 0 atom stereocenters. The van der Waals surface area contributed by atoms with Crippen LogP contribution in [0.3, 0.4) is 0 Å². The highest BCUT2D eigenvalue weighted by Crippen LogP contribution is 2.30. The summed E-state index contributed by atoms with van der Waals surface area (Å²) in [5.74, 6) is -0.577. The number of aromatic nitrogens is 1. The fraction of sp³-hybridized carbons (Fsp3) is 0.278. The Morgan fingerprint density at radius 1 is 1.17 bits per heavy atom. The maximum absolute atomic E-state index is 13.0. The lowest BCUT2D eigenvalue weighted by atomic mass is 10.1. The third kappa shape index (κ3) is 3.95. The maximum atomic E-state index is 13.0. The van der Waals surface area contributed by atoms with E-state index in [0.717, 1.165) is 18.4 Å². The van der Waals surface area contributed by atoms with Crippen LogP contribution in [-0.2, 0) is 6.54 Å². The highest BCUT2D eigenvalue weighted by Gasteiger charge is 2.28. The van der Waals surface area contributed by atoms with Gasteiger partial charge in [-0.15, -0.1) is 0 Å². The first-order chi connectivity index (χ1) is 11.5. The van der Waals surface area contributed by atoms with Crippen molar-refractivity contribution in [2.75, 3.05) is 6.54 Å². The van der Waals surface area contributed by atoms with Crippen LogP contribution in [0.5, 0.6) is 0 Å². The van der Waals surface area contributed by atoms with Crippen LogP contribution >= 0.6 is 0 Å². The highest BCUT2D eigenvalue weighted by atomic mass is 19.1. The molecule has 0 spiro atoms. The molecule has 124 valence electrons. The molecule has 5 nitrogen and oxygen atoms in total. The SMILES string of the molecule is NC(=O)c1ccc(C(=O)N(Cc2ccc(F)cc2)CC2CC2)nc1. The monoisotopic (exact) mass is 327 g/mol. The number of hydrogen-bond donors (Lipinski definition) is 1. The van der Waals surface area contributed by atoms with Crippen molar-refractivity contribution >= 4 is 11.8 Å². The Morgan fingerprint density at radius 2 is 1.88 bits per heavy atom. The number of halogens is 1. The standard InChI is InChI=1S/C18H18FN3O2/c19-15-6-3-13(4-7-15)11-22(10-12-1-2-12)18(24)16-8-5-14(9-21-16)17(20)23/h3-9,12H,1-2,10-11H2,(H2,20,23). The third-order valence-electron chi connectivity index (χ3n) is 4.02. The van der Waals surface area contributed by atoms with Gasteiger partial charge in [0.25, 0.3) is 5.91 Å². The van der Waals surface area contributed by atoms with Crippen LogP contribution in [-0.4, -0.2) is 28.2 Å². The molecule has 2 aromatic rings. The maximum Gasteiger partial charge on any atom is 0.272 e. The zero-order valence-corrected chi connectivity index (χ0v) is 13.1. The summed E-state index contributed by atoms with van der Waals surface area (Å²) < 4.78 is 13.0.